The quantitative estimate of drug-likeness (QED) is 0.575. The van der Waals surface area contributed by atoms with Crippen LogP contribution in [0.1, 0.15) is 32.1 Å². The Hall–Kier alpha value is -0.970. The summed E-state index contributed by atoms with van der Waals surface area (Å²) in [5.41, 5.74) is 0.465. The van der Waals surface area contributed by atoms with Crippen molar-refractivity contribution in [3.63, 3.8) is 0 Å². The van der Waals surface area contributed by atoms with Crippen molar-refractivity contribution >= 4 is 5.91 Å². The number of hydrogen-bond acceptors (Lipinski definition) is 1. The van der Waals surface area contributed by atoms with Crippen molar-refractivity contribution in [1.29, 1.82) is 0 Å². The van der Waals surface area contributed by atoms with E-state index >= 15 is 0 Å². The number of rotatable bonds is 1. The molecule has 1 amide bonds. The topological polar surface area (TPSA) is 29.1 Å². The zero-order chi connectivity index (χ0) is 8.60. The van der Waals surface area contributed by atoms with E-state index in [1.54, 1.807) is 0 Å². The van der Waals surface area contributed by atoms with Crippen molar-refractivity contribution in [3.05, 3.63) is 0 Å². The largest absolute Gasteiger partial charge is 0.342 e. The molecule has 0 aliphatic heterocycles. The molecule has 0 heterocycles. The van der Waals surface area contributed by atoms with E-state index < -0.39 is 0 Å². The molecule has 0 bridgehead atoms. The third-order valence-electron chi connectivity index (χ3n) is 3.23. The monoisotopic (exact) mass is 163 g/mol. The minimum Gasteiger partial charge on any atom is -0.342 e. The first kappa shape index (κ1) is 7.67. The van der Waals surface area contributed by atoms with Gasteiger partial charge in [-0.3, -0.25) is 4.79 Å². The molecule has 0 aromatic heterocycles. The summed E-state index contributed by atoms with van der Waals surface area (Å²) in [4.78, 5) is 10.9. The first-order valence-electron chi connectivity index (χ1n) is 4.54. The molecule has 0 aromatic rings. The van der Waals surface area contributed by atoms with Crippen LogP contribution in [0.15, 0.2) is 0 Å². The van der Waals surface area contributed by atoms with Crippen LogP contribution < -0.4 is 5.32 Å². The van der Waals surface area contributed by atoms with Crippen LogP contribution >= 0.6 is 0 Å². The van der Waals surface area contributed by atoms with Crippen molar-refractivity contribution in [2.75, 3.05) is 0 Å². The average Bonchev–Trinajstić information content (AvgIpc) is 2.51. The summed E-state index contributed by atoms with van der Waals surface area (Å²) in [6, 6.07) is 0.392. The van der Waals surface area contributed by atoms with Crippen molar-refractivity contribution in [2.24, 2.45) is 5.41 Å². The molecule has 2 aliphatic rings. The molecule has 1 atom stereocenters. The van der Waals surface area contributed by atoms with Crippen LogP contribution in [0.25, 0.3) is 0 Å². The Labute approximate surface area is 72.7 Å². The molecule has 12 heavy (non-hydrogen) atoms. The van der Waals surface area contributed by atoms with E-state index in [1.165, 1.54) is 25.7 Å². The van der Waals surface area contributed by atoms with Gasteiger partial charge in [0, 0.05) is 6.04 Å². The van der Waals surface area contributed by atoms with E-state index in [9.17, 15) is 4.79 Å². The Bertz CT molecular complexity index is 245. The van der Waals surface area contributed by atoms with Gasteiger partial charge in [-0.25, -0.2) is 0 Å². The van der Waals surface area contributed by atoms with E-state index in [-0.39, 0.29) is 5.91 Å². The van der Waals surface area contributed by atoms with Crippen molar-refractivity contribution in [2.45, 2.75) is 38.1 Å². The number of nitrogens with one attached hydrogen (secondary N) is 1. The maximum atomic E-state index is 10.9. The fraction of sp³-hybridized carbons (Fsp3) is 0.700. The fourth-order valence-corrected chi connectivity index (χ4v) is 2.38. The van der Waals surface area contributed by atoms with Crippen molar-refractivity contribution in [1.82, 2.24) is 5.32 Å². The van der Waals surface area contributed by atoms with Gasteiger partial charge in [-0.15, -0.1) is 6.42 Å². The third-order valence-corrected chi connectivity index (χ3v) is 3.23. The molecule has 2 rings (SSSR count). The highest BCUT2D eigenvalue weighted by Gasteiger charge is 2.55. The lowest BCUT2D eigenvalue weighted by Crippen LogP contribution is -2.27. The van der Waals surface area contributed by atoms with Gasteiger partial charge < -0.3 is 5.32 Å². The first-order valence-corrected chi connectivity index (χ1v) is 4.54. The summed E-state index contributed by atoms with van der Waals surface area (Å²) >= 11 is 0. The lowest BCUT2D eigenvalue weighted by molar-refractivity contribution is -0.116. The minimum atomic E-state index is -0.247. The zero-order valence-corrected chi connectivity index (χ0v) is 7.10. The molecule has 64 valence electrons. The van der Waals surface area contributed by atoms with E-state index in [2.05, 4.69) is 11.2 Å². The summed E-state index contributed by atoms with van der Waals surface area (Å²) in [6.45, 7) is 0. The molecule has 0 radical (unpaired) electrons. The van der Waals surface area contributed by atoms with Gasteiger partial charge in [0.15, 0.2) is 0 Å². The highest BCUT2D eigenvalue weighted by molar-refractivity contribution is 5.93. The average molecular weight is 163 g/mol. The molecule has 1 unspecified atom stereocenters. The van der Waals surface area contributed by atoms with Crippen molar-refractivity contribution < 1.29 is 4.79 Å². The van der Waals surface area contributed by atoms with Crippen LogP contribution in [0.2, 0.25) is 0 Å². The highest BCUT2D eigenvalue weighted by atomic mass is 16.1. The van der Waals surface area contributed by atoms with Gasteiger partial charge >= 0.3 is 0 Å². The number of hydrogen-bond donors (Lipinski definition) is 1. The van der Waals surface area contributed by atoms with Crippen LogP contribution in [-0.2, 0) is 4.79 Å². The second kappa shape index (κ2) is 2.52. The molecule has 2 aliphatic carbocycles. The molecular weight excluding hydrogens is 150 g/mol. The predicted molar refractivity (Wildman–Crippen MR) is 46.3 cm³/mol. The Kier molecular flexibility index (Phi) is 1.61. The van der Waals surface area contributed by atoms with Crippen LogP contribution in [0, 0.1) is 17.8 Å². The second-order valence-corrected chi connectivity index (χ2v) is 3.94. The zero-order valence-electron chi connectivity index (χ0n) is 7.10. The normalized spacial score (nSPS) is 29.8. The standard InChI is InChI=1S/C10H13NO/c1-2-9(12)11-8-7-10(8)5-3-4-6-10/h1,8H,3-7H2,(H,11,12). The third kappa shape index (κ3) is 1.10. The molecule has 2 heteroatoms. The number of amides is 1. The van der Waals surface area contributed by atoms with E-state index in [0.717, 1.165) is 6.42 Å². The molecule has 1 N–H and O–H groups in total. The Morgan fingerprint density at radius 3 is 2.75 bits per heavy atom. The van der Waals surface area contributed by atoms with E-state index in [1.807, 2.05) is 0 Å². The molecular formula is C10H13NO. The lowest BCUT2D eigenvalue weighted by atomic mass is 10.1. The minimum absolute atomic E-state index is 0.247. The lowest BCUT2D eigenvalue weighted by Gasteiger charge is -2.06. The maximum Gasteiger partial charge on any atom is 0.295 e. The molecule has 2 fully saturated rings. The summed E-state index contributed by atoms with van der Waals surface area (Å²) in [5.74, 6) is 1.85. The predicted octanol–water partition coefficient (Wildman–Crippen LogP) is 1.07. The van der Waals surface area contributed by atoms with Crippen LogP contribution in [0.5, 0.6) is 0 Å². The highest BCUT2D eigenvalue weighted by Crippen LogP contribution is 2.57. The summed E-state index contributed by atoms with van der Waals surface area (Å²) < 4.78 is 0. The van der Waals surface area contributed by atoms with Gasteiger partial charge in [-0.05, 0) is 30.6 Å². The Morgan fingerprint density at radius 2 is 2.17 bits per heavy atom. The van der Waals surface area contributed by atoms with E-state index in [4.69, 9.17) is 6.42 Å². The number of terminal acetylenes is 1. The van der Waals surface area contributed by atoms with Crippen molar-refractivity contribution in [3.8, 4) is 12.3 Å². The summed E-state index contributed by atoms with van der Waals surface area (Å²) in [7, 11) is 0. The van der Waals surface area contributed by atoms with Crippen LogP contribution in [0.4, 0.5) is 0 Å². The van der Waals surface area contributed by atoms with Gasteiger partial charge in [0.1, 0.15) is 0 Å². The SMILES string of the molecule is C#CC(=O)NC1CC12CCCC2. The summed E-state index contributed by atoms with van der Waals surface area (Å²) in [5, 5.41) is 2.86. The molecule has 0 saturated heterocycles. The van der Waals surface area contributed by atoms with Gasteiger partial charge in [-0.1, -0.05) is 12.8 Å². The van der Waals surface area contributed by atoms with Gasteiger partial charge in [0.25, 0.3) is 5.91 Å². The van der Waals surface area contributed by atoms with Crippen LogP contribution in [0.3, 0.4) is 0 Å². The molecule has 2 saturated carbocycles. The number of carbonyl (C=O) groups excluding carboxylic acids is 1. The summed E-state index contributed by atoms with van der Waals surface area (Å²) in [6.07, 6.45) is 11.3. The maximum absolute atomic E-state index is 10.9. The molecule has 2 nitrogen and oxygen atoms in total. The molecule has 1 spiro atoms. The van der Waals surface area contributed by atoms with Crippen LogP contribution in [-0.4, -0.2) is 11.9 Å². The smallest absolute Gasteiger partial charge is 0.295 e. The fourth-order valence-electron chi connectivity index (χ4n) is 2.38. The van der Waals surface area contributed by atoms with Gasteiger partial charge in [-0.2, -0.15) is 0 Å². The Balaban J connectivity index is 1.88. The first-order chi connectivity index (χ1) is 5.77. The number of carbonyl (C=O) groups is 1. The Morgan fingerprint density at radius 1 is 1.50 bits per heavy atom. The second-order valence-electron chi connectivity index (χ2n) is 3.94. The van der Waals surface area contributed by atoms with Gasteiger partial charge in [0.05, 0.1) is 0 Å². The molecule has 0 aromatic carbocycles. The van der Waals surface area contributed by atoms with E-state index in [0.29, 0.717) is 11.5 Å². The van der Waals surface area contributed by atoms with Gasteiger partial charge in [0.2, 0.25) is 0 Å².